The van der Waals surface area contributed by atoms with Gasteiger partial charge in [-0.25, -0.2) is 0 Å². The molecule has 0 saturated carbocycles. The largest absolute Gasteiger partial charge is 0.328 e. The molecule has 1 fully saturated rings. The molecule has 1 N–H and O–H groups in total. The minimum atomic E-state index is -0.842. The summed E-state index contributed by atoms with van der Waals surface area (Å²) in [6.07, 6.45) is 4.78. The molecule has 0 aromatic rings. The Labute approximate surface area is 94.5 Å². The molecule has 1 aliphatic heterocycles. The van der Waals surface area contributed by atoms with Crippen LogP contribution in [0.5, 0.6) is 0 Å². The van der Waals surface area contributed by atoms with Crippen LogP contribution in [0.4, 0.5) is 0 Å². The second-order valence-electron chi connectivity index (χ2n) is 4.63. The third-order valence-corrected chi connectivity index (χ3v) is 3.70. The number of nitrogens with zero attached hydrogens (tertiary/aromatic N) is 2. The number of carbonyl (C=O) groups excluding carboxylic acids is 1. The Balaban J connectivity index is 2.47. The summed E-state index contributed by atoms with van der Waals surface area (Å²) in [4.78, 5) is 11.7. The topological polar surface area (TPSA) is 76.7 Å². The van der Waals surface area contributed by atoms with E-state index in [1.807, 2.05) is 19.1 Å². The van der Waals surface area contributed by atoms with Crippen LogP contribution in [-0.2, 0) is 4.79 Å². The van der Waals surface area contributed by atoms with E-state index in [4.69, 9.17) is 5.26 Å². The van der Waals surface area contributed by atoms with Crippen LogP contribution in [0, 0.1) is 39.9 Å². The van der Waals surface area contributed by atoms with Crippen LogP contribution in [0.3, 0.4) is 0 Å². The van der Waals surface area contributed by atoms with Gasteiger partial charge in [0.1, 0.15) is 5.92 Å². The van der Waals surface area contributed by atoms with Gasteiger partial charge in [-0.2, -0.15) is 10.5 Å². The van der Waals surface area contributed by atoms with Gasteiger partial charge in [-0.05, 0) is 19.3 Å². The van der Waals surface area contributed by atoms with Gasteiger partial charge in [0.05, 0.1) is 18.1 Å². The van der Waals surface area contributed by atoms with Gasteiger partial charge in [0.15, 0.2) is 0 Å². The lowest BCUT2D eigenvalue weighted by Crippen LogP contribution is -2.51. The first-order valence-electron chi connectivity index (χ1n) is 5.44. The van der Waals surface area contributed by atoms with E-state index < -0.39 is 11.8 Å². The highest BCUT2D eigenvalue weighted by Gasteiger charge is 2.50. The molecule has 4 nitrogen and oxygen atoms in total. The summed E-state index contributed by atoms with van der Waals surface area (Å²) in [7, 11) is 0. The van der Waals surface area contributed by atoms with Crippen molar-refractivity contribution < 1.29 is 4.79 Å². The minimum absolute atomic E-state index is 0.334. The Morgan fingerprint density at radius 1 is 1.50 bits per heavy atom. The zero-order valence-corrected chi connectivity index (χ0v) is 9.16. The van der Waals surface area contributed by atoms with E-state index in [1.54, 1.807) is 0 Å². The van der Waals surface area contributed by atoms with E-state index in [2.05, 4.69) is 11.4 Å². The summed E-state index contributed by atoms with van der Waals surface area (Å²) in [5.41, 5.74) is 0.475. The van der Waals surface area contributed by atoms with Crippen LogP contribution in [0.25, 0.3) is 0 Å². The molecule has 0 aromatic heterocycles. The number of fused-ring (bicyclic) bond motifs is 1. The predicted octanol–water partition coefficient (Wildman–Crippen LogP) is 1.47. The highest BCUT2D eigenvalue weighted by molar-refractivity contribution is 5.85. The molecule has 0 bridgehead atoms. The molecule has 3 atom stereocenters. The Morgan fingerprint density at radius 2 is 2.25 bits per heavy atom. The molecule has 0 radical (unpaired) electrons. The average Bonchev–Trinajstić information content (AvgIpc) is 2.28. The number of rotatable bonds is 0. The first-order valence-corrected chi connectivity index (χ1v) is 5.44. The Morgan fingerprint density at radius 3 is 2.88 bits per heavy atom. The Kier molecular flexibility index (Phi) is 2.44. The molecule has 0 spiro atoms. The Bertz CT molecular complexity index is 440. The summed E-state index contributed by atoms with van der Waals surface area (Å²) < 4.78 is 0. The third kappa shape index (κ3) is 1.31. The van der Waals surface area contributed by atoms with Crippen molar-refractivity contribution in [2.45, 2.75) is 26.2 Å². The van der Waals surface area contributed by atoms with Crippen LogP contribution in [0.2, 0.25) is 0 Å². The van der Waals surface area contributed by atoms with Crippen molar-refractivity contribution in [2.75, 3.05) is 0 Å². The number of nitrogens with one attached hydrogen (secondary N) is 1. The van der Waals surface area contributed by atoms with E-state index >= 15 is 0 Å². The minimum Gasteiger partial charge on any atom is -0.328 e. The number of nitriles is 2. The summed E-state index contributed by atoms with van der Waals surface area (Å²) in [5, 5.41) is 21.0. The number of carbonyl (C=O) groups is 1. The van der Waals surface area contributed by atoms with Gasteiger partial charge >= 0.3 is 0 Å². The SMILES string of the molecule is CC12CCCC=C1NC(=O)C(C#N)C2C#N. The molecular weight excluding hydrogens is 202 g/mol. The van der Waals surface area contributed by atoms with Crippen molar-refractivity contribution >= 4 is 5.91 Å². The van der Waals surface area contributed by atoms with Crippen molar-refractivity contribution in [2.24, 2.45) is 17.3 Å². The van der Waals surface area contributed by atoms with Gasteiger partial charge in [-0.1, -0.05) is 13.0 Å². The molecule has 3 unspecified atom stereocenters. The van der Waals surface area contributed by atoms with Crippen molar-refractivity contribution in [1.29, 1.82) is 10.5 Å². The third-order valence-electron chi connectivity index (χ3n) is 3.70. The highest BCUT2D eigenvalue weighted by Crippen LogP contribution is 2.47. The summed E-state index contributed by atoms with van der Waals surface area (Å²) in [5.74, 6) is -1.71. The lowest BCUT2D eigenvalue weighted by atomic mass is 9.62. The summed E-state index contributed by atoms with van der Waals surface area (Å²) in [6, 6.07) is 4.10. The number of piperidine rings is 1. The first-order chi connectivity index (χ1) is 7.63. The van der Waals surface area contributed by atoms with E-state index in [1.165, 1.54) is 0 Å². The predicted molar refractivity (Wildman–Crippen MR) is 56.4 cm³/mol. The molecule has 1 heterocycles. The summed E-state index contributed by atoms with van der Waals surface area (Å²) >= 11 is 0. The van der Waals surface area contributed by atoms with Crippen LogP contribution in [0.1, 0.15) is 26.2 Å². The van der Waals surface area contributed by atoms with Crippen molar-refractivity contribution in [3.8, 4) is 12.1 Å². The van der Waals surface area contributed by atoms with Crippen LogP contribution in [0.15, 0.2) is 11.8 Å². The number of hydrogen-bond donors (Lipinski definition) is 1. The van der Waals surface area contributed by atoms with E-state index in [0.29, 0.717) is 0 Å². The van der Waals surface area contributed by atoms with Gasteiger partial charge < -0.3 is 5.32 Å². The lowest BCUT2D eigenvalue weighted by molar-refractivity contribution is -0.127. The maximum atomic E-state index is 11.7. The van der Waals surface area contributed by atoms with Crippen LogP contribution < -0.4 is 5.32 Å². The van der Waals surface area contributed by atoms with Gasteiger partial charge in [0.25, 0.3) is 0 Å². The molecule has 2 rings (SSSR count). The number of amides is 1. The van der Waals surface area contributed by atoms with E-state index in [9.17, 15) is 10.1 Å². The second-order valence-corrected chi connectivity index (χ2v) is 4.63. The molecule has 4 heteroatoms. The van der Waals surface area contributed by atoms with Crippen LogP contribution >= 0.6 is 0 Å². The second kappa shape index (κ2) is 3.64. The first kappa shape index (κ1) is 10.7. The molecule has 82 valence electrons. The molecule has 1 aliphatic carbocycles. The maximum absolute atomic E-state index is 11.7. The molecule has 0 aromatic carbocycles. The molecule has 16 heavy (non-hydrogen) atoms. The van der Waals surface area contributed by atoms with E-state index in [-0.39, 0.29) is 11.3 Å². The quantitative estimate of drug-likeness (QED) is 0.664. The van der Waals surface area contributed by atoms with Crippen molar-refractivity contribution in [1.82, 2.24) is 5.32 Å². The maximum Gasteiger partial charge on any atom is 0.242 e. The molecule has 1 saturated heterocycles. The smallest absolute Gasteiger partial charge is 0.242 e. The fraction of sp³-hybridized carbons (Fsp3) is 0.583. The molecule has 2 aliphatic rings. The monoisotopic (exact) mass is 215 g/mol. The molecule has 1 amide bonds. The van der Waals surface area contributed by atoms with Crippen molar-refractivity contribution in [3.63, 3.8) is 0 Å². The summed E-state index contributed by atoms with van der Waals surface area (Å²) in [6.45, 7) is 1.97. The Hall–Kier alpha value is -1.81. The van der Waals surface area contributed by atoms with E-state index in [0.717, 1.165) is 25.0 Å². The standard InChI is InChI=1S/C12H13N3O/c1-12-5-3-2-4-10(12)15-11(16)8(6-13)9(12)7-14/h4,8-9H,2-3,5H2,1H3,(H,15,16). The number of allylic oxidation sites excluding steroid dienone is 2. The zero-order valence-electron chi connectivity index (χ0n) is 9.16. The van der Waals surface area contributed by atoms with Crippen molar-refractivity contribution in [3.05, 3.63) is 11.8 Å². The lowest BCUT2D eigenvalue weighted by Gasteiger charge is -2.44. The van der Waals surface area contributed by atoms with Gasteiger partial charge in [-0.15, -0.1) is 0 Å². The number of hydrogen-bond acceptors (Lipinski definition) is 3. The highest BCUT2D eigenvalue weighted by atomic mass is 16.2. The normalized spacial score (nSPS) is 37.4. The van der Waals surface area contributed by atoms with Gasteiger partial charge in [0, 0.05) is 11.1 Å². The molecular formula is C12H13N3O. The fourth-order valence-electron chi connectivity index (χ4n) is 2.68. The average molecular weight is 215 g/mol. The fourth-order valence-corrected chi connectivity index (χ4v) is 2.68. The van der Waals surface area contributed by atoms with Gasteiger partial charge in [0.2, 0.25) is 5.91 Å². The van der Waals surface area contributed by atoms with Gasteiger partial charge in [-0.3, -0.25) is 4.79 Å². The zero-order chi connectivity index (χ0) is 11.8. The van der Waals surface area contributed by atoms with Crippen LogP contribution in [-0.4, -0.2) is 5.91 Å².